The van der Waals surface area contributed by atoms with Crippen LogP contribution in [0.1, 0.15) is 24.0 Å². The Labute approximate surface area is 103 Å². The van der Waals surface area contributed by atoms with Crippen molar-refractivity contribution in [1.29, 1.82) is 5.26 Å². The molecule has 0 bridgehead atoms. The molecule has 0 aliphatic heterocycles. The minimum Gasteiger partial charge on any atom is -0.396 e. The molecule has 0 fully saturated rings. The Hall–Kier alpha value is -1.74. The first-order valence-electron chi connectivity index (χ1n) is 5.45. The van der Waals surface area contributed by atoms with E-state index in [9.17, 15) is 13.2 Å². The van der Waals surface area contributed by atoms with E-state index >= 15 is 0 Å². The maximum atomic E-state index is 12.6. The fourth-order valence-electron chi connectivity index (χ4n) is 1.46. The van der Waals surface area contributed by atoms with E-state index in [1.807, 2.05) is 0 Å². The van der Waals surface area contributed by atoms with Crippen LogP contribution in [0.15, 0.2) is 18.2 Å². The van der Waals surface area contributed by atoms with Gasteiger partial charge in [0, 0.05) is 18.8 Å². The van der Waals surface area contributed by atoms with Crippen molar-refractivity contribution in [3.63, 3.8) is 0 Å². The fraction of sp³-hybridized carbons (Fsp3) is 0.417. The number of rotatable bonds is 5. The van der Waals surface area contributed by atoms with Crippen LogP contribution in [0, 0.1) is 11.3 Å². The molecule has 18 heavy (non-hydrogen) atoms. The molecular formula is C12H13F3N2O. The summed E-state index contributed by atoms with van der Waals surface area (Å²) in [6.07, 6.45) is -3.28. The second-order valence-corrected chi connectivity index (χ2v) is 3.73. The van der Waals surface area contributed by atoms with Gasteiger partial charge in [0.15, 0.2) is 0 Å². The number of aliphatic hydroxyl groups excluding tert-OH is 1. The molecule has 0 atom stereocenters. The fourth-order valence-corrected chi connectivity index (χ4v) is 1.46. The third-order valence-electron chi connectivity index (χ3n) is 2.36. The van der Waals surface area contributed by atoms with Gasteiger partial charge in [0.05, 0.1) is 17.2 Å². The molecule has 0 spiro atoms. The van der Waals surface area contributed by atoms with Crippen molar-refractivity contribution >= 4 is 5.69 Å². The summed E-state index contributed by atoms with van der Waals surface area (Å²) in [5.41, 5.74) is -1.00. The number of nitrogens with zero attached hydrogens (tertiary/aromatic N) is 1. The van der Waals surface area contributed by atoms with E-state index in [1.54, 1.807) is 0 Å². The van der Waals surface area contributed by atoms with Crippen LogP contribution in [-0.2, 0) is 6.18 Å². The van der Waals surface area contributed by atoms with Crippen molar-refractivity contribution in [2.75, 3.05) is 18.5 Å². The number of alkyl halides is 3. The Morgan fingerprint density at radius 3 is 2.56 bits per heavy atom. The average molecular weight is 258 g/mol. The molecule has 1 aromatic carbocycles. The lowest BCUT2D eigenvalue weighted by Crippen LogP contribution is -2.10. The summed E-state index contributed by atoms with van der Waals surface area (Å²) in [5.74, 6) is 0. The highest BCUT2D eigenvalue weighted by molar-refractivity contribution is 5.53. The van der Waals surface area contributed by atoms with Gasteiger partial charge < -0.3 is 10.4 Å². The van der Waals surface area contributed by atoms with Crippen molar-refractivity contribution in [3.05, 3.63) is 29.3 Å². The molecule has 0 aliphatic rings. The van der Waals surface area contributed by atoms with Crippen LogP contribution in [0.5, 0.6) is 0 Å². The summed E-state index contributed by atoms with van der Waals surface area (Å²) in [7, 11) is 0. The second kappa shape index (κ2) is 6.26. The molecule has 3 nitrogen and oxygen atoms in total. The van der Waals surface area contributed by atoms with E-state index in [0.29, 0.717) is 25.1 Å². The van der Waals surface area contributed by atoms with Gasteiger partial charge in [-0.3, -0.25) is 0 Å². The summed E-state index contributed by atoms with van der Waals surface area (Å²) in [6, 6.07) is 5.04. The van der Waals surface area contributed by atoms with Crippen LogP contribution in [-0.4, -0.2) is 18.3 Å². The Bertz CT molecular complexity index is 438. The SMILES string of the molecule is N#Cc1ccc(NCCCCO)cc1C(F)(F)F. The summed E-state index contributed by atoms with van der Waals surface area (Å²) >= 11 is 0. The van der Waals surface area contributed by atoms with Gasteiger partial charge in [0.1, 0.15) is 0 Å². The quantitative estimate of drug-likeness (QED) is 0.798. The maximum absolute atomic E-state index is 12.6. The summed E-state index contributed by atoms with van der Waals surface area (Å²) < 4.78 is 37.9. The summed E-state index contributed by atoms with van der Waals surface area (Å²) in [6.45, 7) is 0.534. The maximum Gasteiger partial charge on any atom is 0.417 e. The van der Waals surface area contributed by atoms with E-state index in [0.717, 1.165) is 12.1 Å². The number of unbranched alkanes of at least 4 members (excludes halogenated alkanes) is 1. The minimum absolute atomic E-state index is 0.0584. The molecule has 1 rings (SSSR count). The van der Waals surface area contributed by atoms with Gasteiger partial charge in [-0.1, -0.05) is 0 Å². The molecule has 0 radical (unpaired) electrons. The van der Waals surface area contributed by atoms with E-state index in [-0.39, 0.29) is 12.2 Å². The van der Waals surface area contributed by atoms with Gasteiger partial charge in [-0.15, -0.1) is 0 Å². The zero-order valence-corrected chi connectivity index (χ0v) is 9.59. The first kappa shape index (κ1) is 14.3. The smallest absolute Gasteiger partial charge is 0.396 e. The van der Waals surface area contributed by atoms with Crippen molar-refractivity contribution in [2.24, 2.45) is 0 Å². The highest BCUT2D eigenvalue weighted by Gasteiger charge is 2.33. The van der Waals surface area contributed by atoms with E-state index < -0.39 is 11.7 Å². The van der Waals surface area contributed by atoms with Gasteiger partial charge >= 0.3 is 6.18 Å². The van der Waals surface area contributed by atoms with Gasteiger partial charge in [-0.25, -0.2) is 0 Å². The van der Waals surface area contributed by atoms with Crippen LogP contribution in [0.4, 0.5) is 18.9 Å². The Morgan fingerprint density at radius 1 is 1.28 bits per heavy atom. The van der Waals surface area contributed by atoms with E-state index in [2.05, 4.69) is 5.32 Å². The number of nitriles is 1. The van der Waals surface area contributed by atoms with Gasteiger partial charge in [0.25, 0.3) is 0 Å². The molecule has 6 heteroatoms. The second-order valence-electron chi connectivity index (χ2n) is 3.73. The molecule has 1 aromatic rings. The monoisotopic (exact) mass is 258 g/mol. The standard InChI is InChI=1S/C12H13F3N2O/c13-12(14,15)11-7-10(4-3-9(11)8-16)17-5-1-2-6-18/h3-4,7,17-18H,1-2,5-6H2. The van der Waals surface area contributed by atoms with Gasteiger partial charge in [-0.2, -0.15) is 18.4 Å². The van der Waals surface area contributed by atoms with Crippen molar-refractivity contribution < 1.29 is 18.3 Å². The Balaban J connectivity index is 2.81. The van der Waals surface area contributed by atoms with Crippen molar-refractivity contribution in [3.8, 4) is 6.07 Å². The first-order valence-corrected chi connectivity index (χ1v) is 5.45. The van der Waals surface area contributed by atoms with Gasteiger partial charge in [0.2, 0.25) is 0 Å². The predicted molar refractivity (Wildman–Crippen MR) is 61.0 cm³/mol. The molecule has 2 N–H and O–H groups in total. The predicted octanol–water partition coefficient (Wildman–Crippen LogP) is 2.76. The zero-order valence-electron chi connectivity index (χ0n) is 9.59. The van der Waals surface area contributed by atoms with E-state index in [1.165, 1.54) is 12.1 Å². The van der Waals surface area contributed by atoms with Crippen LogP contribution >= 0.6 is 0 Å². The number of hydrogen-bond acceptors (Lipinski definition) is 3. The topological polar surface area (TPSA) is 56.0 Å². The lowest BCUT2D eigenvalue weighted by Gasteiger charge is -2.12. The highest BCUT2D eigenvalue weighted by atomic mass is 19.4. The van der Waals surface area contributed by atoms with Crippen LogP contribution < -0.4 is 5.32 Å². The van der Waals surface area contributed by atoms with Crippen LogP contribution in [0.25, 0.3) is 0 Å². The molecule has 98 valence electrons. The van der Waals surface area contributed by atoms with Crippen molar-refractivity contribution in [2.45, 2.75) is 19.0 Å². The highest BCUT2D eigenvalue weighted by Crippen LogP contribution is 2.33. The third-order valence-corrected chi connectivity index (χ3v) is 2.36. The first-order chi connectivity index (χ1) is 8.49. The molecule has 0 unspecified atom stereocenters. The molecule has 0 saturated carbocycles. The molecule has 0 heterocycles. The molecule has 0 amide bonds. The average Bonchev–Trinajstić information content (AvgIpc) is 2.33. The molecule has 0 saturated heterocycles. The largest absolute Gasteiger partial charge is 0.417 e. The summed E-state index contributed by atoms with van der Waals surface area (Å²) in [5, 5.41) is 20.0. The number of anilines is 1. The summed E-state index contributed by atoms with van der Waals surface area (Å²) in [4.78, 5) is 0. The number of hydrogen-bond donors (Lipinski definition) is 2. The third kappa shape index (κ3) is 3.93. The molecule has 0 aromatic heterocycles. The number of halogens is 3. The molecule has 0 aliphatic carbocycles. The number of benzene rings is 1. The Kier molecular flexibility index (Phi) is 4.98. The minimum atomic E-state index is -4.53. The van der Waals surface area contributed by atoms with Crippen LogP contribution in [0.3, 0.4) is 0 Å². The van der Waals surface area contributed by atoms with E-state index in [4.69, 9.17) is 10.4 Å². The van der Waals surface area contributed by atoms with Crippen LogP contribution in [0.2, 0.25) is 0 Å². The van der Waals surface area contributed by atoms with Crippen molar-refractivity contribution in [1.82, 2.24) is 0 Å². The zero-order chi connectivity index (χ0) is 13.6. The number of nitrogens with one attached hydrogen (secondary N) is 1. The Morgan fingerprint density at radius 2 is 2.00 bits per heavy atom. The van der Waals surface area contributed by atoms with Gasteiger partial charge in [-0.05, 0) is 31.0 Å². The lowest BCUT2D eigenvalue weighted by atomic mass is 10.1. The molecular weight excluding hydrogens is 245 g/mol. The normalized spacial score (nSPS) is 11.1. The number of aliphatic hydroxyl groups is 1. The lowest BCUT2D eigenvalue weighted by molar-refractivity contribution is -0.137.